The van der Waals surface area contributed by atoms with Gasteiger partial charge in [0.05, 0.1) is 23.5 Å². The number of fused-ring (bicyclic) bond motifs is 1. The maximum atomic E-state index is 12.0. The van der Waals surface area contributed by atoms with E-state index in [2.05, 4.69) is 0 Å². The average molecular weight is 264 g/mol. The van der Waals surface area contributed by atoms with Gasteiger partial charge in [-0.3, -0.25) is 4.79 Å². The fourth-order valence-corrected chi connectivity index (χ4v) is 2.17. The molecule has 6 heteroatoms. The van der Waals surface area contributed by atoms with Crippen molar-refractivity contribution in [2.45, 2.75) is 6.42 Å². The number of aliphatic hydroxyl groups is 1. The molecule has 1 aliphatic rings. The van der Waals surface area contributed by atoms with E-state index in [9.17, 15) is 9.59 Å². The third kappa shape index (κ3) is 2.53. The lowest BCUT2D eigenvalue weighted by Gasteiger charge is -2.35. The van der Waals surface area contributed by atoms with E-state index in [1.54, 1.807) is 29.0 Å². The van der Waals surface area contributed by atoms with Crippen LogP contribution in [0.5, 0.6) is 0 Å². The molecule has 19 heavy (non-hydrogen) atoms. The number of hydrogen-bond acceptors (Lipinski definition) is 4. The first-order valence-corrected chi connectivity index (χ1v) is 6.04. The number of rotatable bonds is 4. The van der Waals surface area contributed by atoms with Crippen molar-refractivity contribution >= 4 is 23.3 Å². The van der Waals surface area contributed by atoms with E-state index in [0.717, 1.165) is 5.69 Å². The van der Waals surface area contributed by atoms with Gasteiger partial charge in [-0.2, -0.15) is 0 Å². The van der Waals surface area contributed by atoms with Gasteiger partial charge in [-0.25, -0.2) is 4.79 Å². The Balaban J connectivity index is 2.40. The van der Waals surface area contributed by atoms with E-state index in [4.69, 9.17) is 10.2 Å². The van der Waals surface area contributed by atoms with Crippen LogP contribution in [-0.2, 0) is 4.79 Å². The molecule has 0 bridgehead atoms. The SMILES string of the molecule is CN1CC(=O)N(CCCO)c2ccc(C(=O)O)cc21. The summed E-state index contributed by atoms with van der Waals surface area (Å²) in [6.07, 6.45) is 0.496. The Morgan fingerprint density at radius 2 is 2.11 bits per heavy atom. The third-order valence-electron chi connectivity index (χ3n) is 3.14. The Hall–Kier alpha value is -2.08. The lowest BCUT2D eigenvalue weighted by molar-refractivity contribution is -0.117. The molecule has 2 N–H and O–H groups in total. The second-order valence-corrected chi connectivity index (χ2v) is 4.49. The number of amides is 1. The van der Waals surface area contributed by atoms with Crippen LogP contribution in [0.4, 0.5) is 11.4 Å². The standard InChI is InChI=1S/C13H16N2O4/c1-14-8-12(17)15(5-2-6-16)10-4-3-9(13(18)19)7-11(10)14/h3-4,7,16H,2,5-6,8H2,1H3,(H,18,19). The van der Waals surface area contributed by atoms with E-state index in [0.29, 0.717) is 18.7 Å². The molecule has 6 nitrogen and oxygen atoms in total. The molecule has 0 fully saturated rings. The molecule has 0 spiro atoms. The van der Waals surface area contributed by atoms with Crippen LogP contribution in [0.2, 0.25) is 0 Å². The van der Waals surface area contributed by atoms with Crippen LogP contribution >= 0.6 is 0 Å². The van der Waals surface area contributed by atoms with Crippen LogP contribution < -0.4 is 9.80 Å². The van der Waals surface area contributed by atoms with Gasteiger partial charge in [0.2, 0.25) is 5.91 Å². The van der Waals surface area contributed by atoms with Crippen LogP contribution in [0.25, 0.3) is 0 Å². The van der Waals surface area contributed by atoms with Gasteiger partial charge >= 0.3 is 5.97 Å². The van der Waals surface area contributed by atoms with Crippen molar-refractivity contribution in [2.24, 2.45) is 0 Å². The summed E-state index contributed by atoms with van der Waals surface area (Å²) < 4.78 is 0. The Kier molecular flexibility index (Phi) is 3.71. The van der Waals surface area contributed by atoms with Crippen LogP contribution in [0.3, 0.4) is 0 Å². The maximum absolute atomic E-state index is 12.0. The monoisotopic (exact) mass is 264 g/mol. The minimum absolute atomic E-state index is 0.0160. The predicted octanol–water partition coefficient (Wildman–Crippen LogP) is 0.550. The molecule has 0 unspecified atom stereocenters. The summed E-state index contributed by atoms with van der Waals surface area (Å²) in [6, 6.07) is 4.69. The van der Waals surface area contributed by atoms with Crippen molar-refractivity contribution in [3.05, 3.63) is 23.8 Å². The number of anilines is 2. The lowest BCUT2D eigenvalue weighted by Crippen LogP contribution is -2.45. The number of carbonyl (C=O) groups is 2. The zero-order valence-corrected chi connectivity index (χ0v) is 10.7. The van der Waals surface area contributed by atoms with Gasteiger partial charge in [-0.05, 0) is 24.6 Å². The summed E-state index contributed by atoms with van der Waals surface area (Å²) in [5.74, 6) is -1.04. The fraction of sp³-hybridized carbons (Fsp3) is 0.385. The quantitative estimate of drug-likeness (QED) is 0.830. The number of carboxylic acids is 1. The van der Waals surface area contributed by atoms with Crippen LogP contribution in [0.1, 0.15) is 16.8 Å². The third-order valence-corrected chi connectivity index (χ3v) is 3.14. The largest absolute Gasteiger partial charge is 0.478 e. The van der Waals surface area contributed by atoms with Crippen LogP contribution in [-0.4, -0.2) is 48.8 Å². The van der Waals surface area contributed by atoms with E-state index in [1.165, 1.54) is 6.07 Å². The summed E-state index contributed by atoms with van der Waals surface area (Å²) in [7, 11) is 1.76. The molecular formula is C13H16N2O4. The molecule has 0 aromatic heterocycles. The van der Waals surface area contributed by atoms with Crippen molar-refractivity contribution in [2.75, 3.05) is 36.5 Å². The lowest BCUT2D eigenvalue weighted by atomic mass is 10.1. The van der Waals surface area contributed by atoms with Gasteiger partial charge in [0.25, 0.3) is 0 Å². The molecule has 1 amide bonds. The van der Waals surface area contributed by atoms with Gasteiger partial charge in [-0.15, -0.1) is 0 Å². The number of hydrogen-bond donors (Lipinski definition) is 2. The molecule has 0 aliphatic carbocycles. The Morgan fingerprint density at radius 1 is 1.37 bits per heavy atom. The highest BCUT2D eigenvalue weighted by Gasteiger charge is 2.27. The van der Waals surface area contributed by atoms with Gasteiger partial charge in [0.1, 0.15) is 0 Å². The van der Waals surface area contributed by atoms with Crippen molar-refractivity contribution in [1.29, 1.82) is 0 Å². The van der Waals surface area contributed by atoms with Crippen LogP contribution in [0, 0.1) is 0 Å². The van der Waals surface area contributed by atoms with E-state index < -0.39 is 5.97 Å². The number of aliphatic hydroxyl groups excluding tert-OH is 1. The first kappa shape index (κ1) is 13.4. The number of likely N-dealkylation sites (N-methyl/N-ethyl adjacent to an activating group) is 1. The minimum atomic E-state index is -0.991. The maximum Gasteiger partial charge on any atom is 0.335 e. The Labute approximate surface area is 110 Å². The zero-order chi connectivity index (χ0) is 14.0. The molecule has 1 aromatic carbocycles. The summed E-state index contributed by atoms with van der Waals surface area (Å²) in [4.78, 5) is 26.3. The van der Waals surface area contributed by atoms with Gasteiger partial charge in [-0.1, -0.05) is 0 Å². The van der Waals surface area contributed by atoms with Crippen molar-refractivity contribution in [3.63, 3.8) is 0 Å². The minimum Gasteiger partial charge on any atom is -0.478 e. The molecule has 0 radical (unpaired) electrons. The molecule has 0 atom stereocenters. The molecule has 2 rings (SSSR count). The number of benzene rings is 1. The normalized spacial score (nSPS) is 14.5. The first-order valence-electron chi connectivity index (χ1n) is 6.04. The van der Waals surface area contributed by atoms with Crippen LogP contribution in [0.15, 0.2) is 18.2 Å². The molecule has 0 saturated carbocycles. The second-order valence-electron chi connectivity index (χ2n) is 4.49. The first-order chi connectivity index (χ1) is 9.04. The van der Waals surface area contributed by atoms with Crippen molar-refractivity contribution in [3.8, 4) is 0 Å². The molecule has 1 aliphatic heterocycles. The Bertz CT molecular complexity index is 515. The molecule has 0 saturated heterocycles. The predicted molar refractivity (Wildman–Crippen MR) is 70.7 cm³/mol. The highest BCUT2D eigenvalue weighted by molar-refractivity contribution is 6.04. The molecular weight excluding hydrogens is 248 g/mol. The Morgan fingerprint density at radius 3 is 2.74 bits per heavy atom. The number of carboxylic acid groups (broad SMARTS) is 1. The highest BCUT2D eigenvalue weighted by Crippen LogP contribution is 2.33. The highest BCUT2D eigenvalue weighted by atomic mass is 16.4. The smallest absolute Gasteiger partial charge is 0.335 e. The number of nitrogens with zero attached hydrogens (tertiary/aromatic N) is 2. The van der Waals surface area contributed by atoms with Crippen molar-refractivity contribution < 1.29 is 19.8 Å². The van der Waals surface area contributed by atoms with Gasteiger partial charge in [0, 0.05) is 20.2 Å². The summed E-state index contributed by atoms with van der Waals surface area (Å²) in [5, 5.41) is 17.9. The zero-order valence-electron chi connectivity index (χ0n) is 10.7. The van der Waals surface area contributed by atoms with E-state index >= 15 is 0 Å². The van der Waals surface area contributed by atoms with Gasteiger partial charge < -0.3 is 20.0 Å². The van der Waals surface area contributed by atoms with Gasteiger partial charge in [0.15, 0.2) is 0 Å². The van der Waals surface area contributed by atoms with Crippen molar-refractivity contribution in [1.82, 2.24) is 0 Å². The van der Waals surface area contributed by atoms with E-state index in [-0.39, 0.29) is 24.6 Å². The number of aromatic carboxylic acids is 1. The second kappa shape index (κ2) is 5.27. The number of carbonyl (C=O) groups excluding carboxylic acids is 1. The van der Waals surface area contributed by atoms with E-state index in [1.807, 2.05) is 0 Å². The topological polar surface area (TPSA) is 81.1 Å². The summed E-state index contributed by atoms with van der Waals surface area (Å²) in [6.45, 7) is 0.659. The average Bonchev–Trinajstić information content (AvgIpc) is 2.38. The summed E-state index contributed by atoms with van der Waals surface area (Å²) in [5.41, 5.74) is 1.61. The fourth-order valence-electron chi connectivity index (χ4n) is 2.17. The molecule has 1 heterocycles. The molecule has 1 aromatic rings. The summed E-state index contributed by atoms with van der Waals surface area (Å²) >= 11 is 0. The molecule has 102 valence electrons.